The van der Waals surface area contributed by atoms with Crippen LogP contribution in [0.2, 0.25) is 0 Å². The molecule has 0 saturated carbocycles. The molecule has 1 aromatic heterocycles. The van der Waals surface area contributed by atoms with Crippen molar-refractivity contribution in [3.05, 3.63) is 59.8 Å². The maximum atomic E-state index is 13.3. The Morgan fingerprint density at radius 3 is 2.71 bits per heavy atom. The van der Waals surface area contributed by atoms with E-state index in [1.807, 2.05) is 24.4 Å². The number of anilines is 1. The van der Waals surface area contributed by atoms with E-state index in [-0.39, 0.29) is 6.42 Å². The molecule has 0 unspecified atom stereocenters. The molecule has 31 heavy (non-hydrogen) atoms. The van der Waals surface area contributed by atoms with E-state index in [0.29, 0.717) is 17.9 Å². The van der Waals surface area contributed by atoms with Gasteiger partial charge in [-0.25, -0.2) is 4.90 Å². The van der Waals surface area contributed by atoms with Gasteiger partial charge in [0.1, 0.15) is 5.75 Å². The van der Waals surface area contributed by atoms with Crippen LogP contribution in [-0.2, 0) is 22.2 Å². The number of ether oxygens (including phenoxy) is 1. The maximum absolute atomic E-state index is 13.3. The number of aromatic nitrogens is 1. The molecule has 4 rings (SSSR count). The van der Waals surface area contributed by atoms with Crippen LogP contribution < -0.4 is 15.0 Å². The lowest BCUT2D eigenvalue weighted by Crippen LogP contribution is -2.40. The molecule has 9 heteroatoms. The highest BCUT2D eigenvalue weighted by molar-refractivity contribution is 6.22. The number of carbonyl (C=O) groups excluding carboxylic acids is 2. The number of nitrogens with zero attached hydrogens (tertiary/aromatic N) is 1. The first-order valence-corrected chi connectivity index (χ1v) is 9.70. The van der Waals surface area contributed by atoms with Gasteiger partial charge in [-0.15, -0.1) is 0 Å². The van der Waals surface area contributed by atoms with E-state index in [1.54, 1.807) is 7.11 Å². The van der Waals surface area contributed by atoms with Crippen LogP contribution in [-0.4, -0.2) is 36.5 Å². The SMILES string of the molecule is COc1ccc2[nH]cc(CCN[C@@H]3CC(=O)N(c4ccccc4C(F)(F)F)C3=O)c2c1. The van der Waals surface area contributed by atoms with Gasteiger partial charge in [0.15, 0.2) is 0 Å². The lowest BCUT2D eigenvalue weighted by atomic mass is 10.1. The van der Waals surface area contributed by atoms with E-state index in [1.165, 1.54) is 12.1 Å². The van der Waals surface area contributed by atoms with E-state index < -0.39 is 35.3 Å². The maximum Gasteiger partial charge on any atom is 0.418 e. The number of imide groups is 1. The van der Waals surface area contributed by atoms with E-state index >= 15 is 0 Å². The molecule has 0 bridgehead atoms. The zero-order valence-electron chi connectivity index (χ0n) is 16.6. The highest BCUT2D eigenvalue weighted by atomic mass is 19.4. The van der Waals surface area contributed by atoms with Crippen LogP contribution in [0.25, 0.3) is 10.9 Å². The summed E-state index contributed by atoms with van der Waals surface area (Å²) in [5, 5.41) is 4.00. The third kappa shape index (κ3) is 4.00. The topological polar surface area (TPSA) is 74.4 Å². The Morgan fingerprint density at radius 1 is 1.19 bits per heavy atom. The first kappa shape index (κ1) is 20.9. The molecule has 2 aromatic carbocycles. The molecule has 6 nitrogen and oxygen atoms in total. The molecule has 162 valence electrons. The van der Waals surface area contributed by atoms with Gasteiger partial charge in [0, 0.05) is 23.6 Å². The summed E-state index contributed by atoms with van der Waals surface area (Å²) in [5.74, 6) is -0.616. The minimum absolute atomic E-state index is 0.188. The van der Waals surface area contributed by atoms with Crippen LogP contribution in [0.1, 0.15) is 17.5 Å². The monoisotopic (exact) mass is 431 g/mol. The molecular weight excluding hydrogens is 411 g/mol. The van der Waals surface area contributed by atoms with Gasteiger partial charge in [-0.2, -0.15) is 13.2 Å². The van der Waals surface area contributed by atoms with Gasteiger partial charge in [0.25, 0.3) is 5.91 Å². The molecule has 2 heterocycles. The van der Waals surface area contributed by atoms with Crippen LogP contribution in [0, 0.1) is 0 Å². The number of aromatic amines is 1. The van der Waals surface area contributed by atoms with Crippen LogP contribution in [0.4, 0.5) is 18.9 Å². The smallest absolute Gasteiger partial charge is 0.418 e. The van der Waals surface area contributed by atoms with Gasteiger partial charge >= 0.3 is 6.18 Å². The van der Waals surface area contributed by atoms with Crippen molar-refractivity contribution >= 4 is 28.4 Å². The first-order chi connectivity index (χ1) is 14.8. The summed E-state index contributed by atoms with van der Waals surface area (Å²) < 4.78 is 45.2. The van der Waals surface area contributed by atoms with Crippen LogP contribution in [0.15, 0.2) is 48.7 Å². The van der Waals surface area contributed by atoms with Crippen LogP contribution >= 0.6 is 0 Å². The summed E-state index contributed by atoms with van der Waals surface area (Å²) >= 11 is 0. The van der Waals surface area contributed by atoms with Crippen molar-refractivity contribution in [2.24, 2.45) is 0 Å². The predicted molar refractivity (Wildman–Crippen MR) is 109 cm³/mol. The minimum Gasteiger partial charge on any atom is -0.497 e. The summed E-state index contributed by atoms with van der Waals surface area (Å²) in [6.07, 6.45) is -2.44. The summed E-state index contributed by atoms with van der Waals surface area (Å²) in [6.45, 7) is 0.378. The molecule has 0 spiro atoms. The number of rotatable bonds is 6. The Balaban J connectivity index is 1.46. The largest absolute Gasteiger partial charge is 0.497 e. The Kier molecular flexibility index (Phi) is 5.45. The second-order valence-electron chi connectivity index (χ2n) is 7.27. The number of amides is 2. The van der Waals surface area contributed by atoms with Crippen molar-refractivity contribution in [2.45, 2.75) is 25.1 Å². The molecule has 2 amide bonds. The number of methoxy groups -OCH3 is 1. The van der Waals surface area contributed by atoms with Gasteiger partial charge in [-0.1, -0.05) is 12.1 Å². The average molecular weight is 431 g/mol. The molecule has 1 atom stereocenters. The Labute approximate surface area is 176 Å². The number of alkyl halides is 3. The Hall–Kier alpha value is -3.33. The number of para-hydroxylation sites is 1. The number of halogens is 3. The van der Waals surface area contributed by atoms with Gasteiger partial charge in [0.05, 0.1) is 30.8 Å². The molecule has 3 aromatic rings. The van der Waals surface area contributed by atoms with Gasteiger partial charge in [0.2, 0.25) is 5.91 Å². The van der Waals surface area contributed by atoms with Crippen molar-refractivity contribution < 1.29 is 27.5 Å². The van der Waals surface area contributed by atoms with Crippen LogP contribution in [0.3, 0.4) is 0 Å². The van der Waals surface area contributed by atoms with Gasteiger partial charge < -0.3 is 15.0 Å². The summed E-state index contributed by atoms with van der Waals surface area (Å²) in [5.41, 5.74) is 0.499. The Morgan fingerprint density at radius 2 is 1.97 bits per heavy atom. The Bertz CT molecular complexity index is 1140. The fraction of sp³-hybridized carbons (Fsp3) is 0.273. The first-order valence-electron chi connectivity index (χ1n) is 9.70. The van der Waals surface area contributed by atoms with E-state index in [0.717, 1.165) is 34.3 Å². The third-order valence-corrected chi connectivity index (χ3v) is 5.36. The number of benzene rings is 2. The van der Waals surface area contributed by atoms with Gasteiger partial charge in [-0.3, -0.25) is 9.59 Å². The van der Waals surface area contributed by atoms with E-state index in [4.69, 9.17) is 4.74 Å². The zero-order valence-corrected chi connectivity index (χ0v) is 16.6. The number of H-pyrrole nitrogens is 1. The zero-order chi connectivity index (χ0) is 22.2. The molecule has 0 aliphatic carbocycles. The molecule has 1 aliphatic rings. The number of hydrogen-bond donors (Lipinski definition) is 2. The summed E-state index contributed by atoms with van der Waals surface area (Å²) in [6, 6.07) is 9.38. The van der Waals surface area contributed by atoms with E-state index in [2.05, 4.69) is 10.3 Å². The highest BCUT2D eigenvalue weighted by Gasteiger charge is 2.43. The average Bonchev–Trinajstić information content (AvgIpc) is 3.27. The van der Waals surface area contributed by atoms with Crippen LogP contribution in [0.5, 0.6) is 5.75 Å². The fourth-order valence-corrected chi connectivity index (χ4v) is 3.83. The molecule has 1 saturated heterocycles. The second-order valence-corrected chi connectivity index (χ2v) is 7.27. The number of carbonyl (C=O) groups is 2. The lowest BCUT2D eigenvalue weighted by molar-refractivity contribution is -0.137. The summed E-state index contributed by atoms with van der Waals surface area (Å²) in [4.78, 5) is 28.9. The lowest BCUT2D eigenvalue weighted by Gasteiger charge is -2.20. The normalized spacial score (nSPS) is 17.0. The highest BCUT2D eigenvalue weighted by Crippen LogP contribution is 2.38. The van der Waals surface area contributed by atoms with E-state index in [9.17, 15) is 22.8 Å². The molecule has 0 radical (unpaired) electrons. The van der Waals surface area contributed by atoms with Crippen molar-refractivity contribution in [3.63, 3.8) is 0 Å². The molecule has 1 aliphatic heterocycles. The molecule has 1 fully saturated rings. The van der Waals surface area contributed by atoms with Gasteiger partial charge in [-0.05, 0) is 42.3 Å². The van der Waals surface area contributed by atoms with Crippen molar-refractivity contribution in [2.75, 3.05) is 18.6 Å². The standard InChI is InChI=1S/C22H20F3N3O3/c1-31-14-6-7-17-15(10-14)13(12-27-17)8-9-26-18-11-20(29)28(21(18)30)19-5-3-2-4-16(19)22(23,24)25/h2-7,10,12,18,26-27H,8-9,11H2,1H3/t18-/m1/s1. The quantitative estimate of drug-likeness (QED) is 0.585. The number of nitrogens with one attached hydrogen (secondary N) is 2. The van der Waals surface area contributed by atoms with Crippen molar-refractivity contribution in [1.82, 2.24) is 10.3 Å². The second kappa shape index (κ2) is 8.07. The predicted octanol–water partition coefficient (Wildman–Crippen LogP) is 3.66. The van der Waals surface area contributed by atoms with Crippen molar-refractivity contribution in [3.8, 4) is 5.75 Å². The van der Waals surface area contributed by atoms with Crippen molar-refractivity contribution in [1.29, 1.82) is 0 Å². The number of fused-ring (bicyclic) bond motifs is 1. The number of hydrogen-bond acceptors (Lipinski definition) is 4. The minimum atomic E-state index is -4.67. The molecular formula is C22H20F3N3O3. The third-order valence-electron chi connectivity index (χ3n) is 5.36. The fourth-order valence-electron chi connectivity index (χ4n) is 3.83. The molecule has 2 N–H and O–H groups in total. The summed E-state index contributed by atoms with van der Waals surface area (Å²) in [7, 11) is 1.58.